The first-order chi connectivity index (χ1) is 7.65. The largest absolute Gasteiger partial charge is 0.507 e. The van der Waals surface area contributed by atoms with Gasteiger partial charge in [-0.1, -0.05) is 0 Å². The molecule has 0 heterocycles. The zero-order valence-electron chi connectivity index (χ0n) is 8.87. The third kappa shape index (κ3) is 3.51. The number of nitrogens with two attached hydrogens (primary N) is 1. The van der Waals surface area contributed by atoms with Crippen molar-refractivity contribution in [2.24, 2.45) is 5.73 Å². The van der Waals surface area contributed by atoms with Gasteiger partial charge in [-0.3, -0.25) is 4.79 Å². The topological polar surface area (TPSA) is 75.3 Å². The van der Waals surface area contributed by atoms with Gasteiger partial charge in [-0.25, -0.2) is 4.39 Å². The molecule has 5 heteroatoms. The quantitative estimate of drug-likeness (QED) is 0.656. The van der Waals surface area contributed by atoms with Crippen LogP contribution < -0.4 is 11.1 Å². The molecule has 88 valence electrons. The molecule has 0 bridgehead atoms. The van der Waals surface area contributed by atoms with Crippen molar-refractivity contribution in [3.63, 3.8) is 0 Å². The normalized spacial score (nSPS) is 10.1. The predicted octanol–water partition coefficient (Wildman–Crippen LogP) is 1.00. The Bertz CT molecular complexity index is 369. The SMILES string of the molecule is NCCCCNC(=O)c1cc(F)ccc1O. The number of phenols is 1. The maximum Gasteiger partial charge on any atom is 0.255 e. The van der Waals surface area contributed by atoms with Crippen molar-refractivity contribution in [1.29, 1.82) is 0 Å². The van der Waals surface area contributed by atoms with E-state index in [-0.39, 0.29) is 11.3 Å². The maximum absolute atomic E-state index is 12.8. The van der Waals surface area contributed by atoms with E-state index in [1.54, 1.807) is 0 Å². The van der Waals surface area contributed by atoms with Gasteiger partial charge in [0.15, 0.2) is 0 Å². The third-order valence-electron chi connectivity index (χ3n) is 2.12. The molecule has 16 heavy (non-hydrogen) atoms. The second kappa shape index (κ2) is 6.07. The second-order valence-electron chi connectivity index (χ2n) is 3.41. The van der Waals surface area contributed by atoms with Gasteiger partial charge in [-0.2, -0.15) is 0 Å². The molecule has 4 nitrogen and oxygen atoms in total. The van der Waals surface area contributed by atoms with Crippen LogP contribution in [0, 0.1) is 5.82 Å². The van der Waals surface area contributed by atoms with Crippen LogP contribution in [0.2, 0.25) is 0 Å². The molecule has 0 aliphatic rings. The van der Waals surface area contributed by atoms with Crippen molar-refractivity contribution < 1.29 is 14.3 Å². The van der Waals surface area contributed by atoms with E-state index in [4.69, 9.17) is 5.73 Å². The summed E-state index contributed by atoms with van der Waals surface area (Å²) in [6.45, 7) is 1.03. The fourth-order valence-electron chi connectivity index (χ4n) is 1.26. The Morgan fingerprint density at radius 1 is 1.44 bits per heavy atom. The maximum atomic E-state index is 12.8. The number of hydrogen-bond donors (Lipinski definition) is 3. The molecular formula is C11H15FN2O2. The van der Waals surface area contributed by atoms with Crippen molar-refractivity contribution in [3.05, 3.63) is 29.6 Å². The first-order valence-electron chi connectivity index (χ1n) is 5.12. The van der Waals surface area contributed by atoms with Gasteiger partial charge >= 0.3 is 0 Å². The molecule has 0 saturated carbocycles. The number of benzene rings is 1. The number of halogens is 1. The van der Waals surface area contributed by atoms with Crippen LogP contribution in [0.1, 0.15) is 23.2 Å². The highest BCUT2D eigenvalue weighted by molar-refractivity contribution is 5.96. The van der Waals surface area contributed by atoms with Crippen molar-refractivity contribution in [2.45, 2.75) is 12.8 Å². The van der Waals surface area contributed by atoms with Gasteiger partial charge in [-0.05, 0) is 37.6 Å². The Morgan fingerprint density at radius 2 is 2.19 bits per heavy atom. The zero-order valence-corrected chi connectivity index (χ0v) is 8.87. The molecule has 0 unspecified atom stereocenters. The molecule has 4 N–H and O–H groups in total. The summed E-state index contributed by atoms with van der Waals surface area (Å²) in [4.78, 5) is 11.5. The van der Waals surface area contributed by atoms with E-state index in [0.29, 0.717) is 13.1 Å². The number of unbranched alkanes of at least 4 members (excludes halogenated alkanes) is 1. The van der Waals surface area contributed by atoms with Crippen LogP contribution in [-0.4, -0.2) is 24.1 Å². The Morgan fingerprint density at radius 3 is 2.88 bits per heavy atom. The lowest BCUT2D eigenvalue weighted by Gasteiger charge is -2.06. The van der Waals surface area contributed by atoms with Gasteiger partial charge in [0, 0.05) is 6.54 Å². The van der Waals surface area contributed by atoms with Gasteiger partial charge in [-0.15, -0.1) is 0 Å². The van der Waals surface area contributed by atoms with Crippen molar-refractivity contribution in [3.8, 4) is 5.75 Å². The predicted molar refractivity (Wildman–Crippen MR) is 58.7 cm³/mol. The fourth-order valence-corrected chi connectivity index (χ4v) is 1.26. The monoisotopic (exact) mass is 226 g/mol. The summed E-state index contributed by atoms with van der Waals surface area (Å²) in [5.74, 6) is -1.25. The highest BCUT2D eigenvalue weighted by Gasteiger charge is 2.11. The van der Waals surface area contributed by atoms with Crippen molar-refractivity contribution in [1.82, 2.24) is 5.32 Å². The average molecular weight is 226 g/mol. The number of nitrogens with one attached hydrogen (secondary N) is 1. The zero-order chi connectivity index (χ0) is 12.0. The van der Waals surface area contributed by atoms with Gasteiger partial charge < -0.3 is 16.2 Å². The van der Waals surface area contributed by atoms with E-state index in [9.17, 15) is 14.3 Å². The van der Waals surface area contributed by atoms with E-state index < -0.39 is 11.7 Å². The number of hydrogen-bond acceptors (Lipinski definition) is 3. The highest BCUT2D eigenvalue weighted by Crippen LogP contribution is 2.17. The second-order valence-corrected chi connectivity index (χ2v) is 3.41. The number of amides is 1. The van der Waals surface area contributed by atoms with E-state index in [0.717, 1.165) is 31.0 Å². The third-order valence-corrected chi connectivity index (χ3v) is 2.12. The van der Waals surface area contributed by atoms with E-state index in [2.05, 4.69) is 5.32 Å². The summed E-state index contributed by atoms with van der Waals surface area (Å²) in [5.41, 5.74) is 5.25. The molecular weight excluding hydrogens is 211 g/mol. The van der Waals surface area contributed by atoms with Crippen LogP contribution in [0.25, 0.3) is 0 Å². The van der Waals surface area contributed by atoms with Crippen LogP contribution in [-0.2, 0) is 0 Å². The molecule has 0 atom stereocenters. The lowest BCUT2D eigenvalue weighted by molar-refractivity contribution is 0.0950. The average Bonchev–Trinajstić information content (AvgIpc) is 2.27. The summed E-state index contributed by atoms with van der Waals surface area (Å²) in [7, 11) is 0. The summed E-state index contributed by atoms with van der Waals surface area (Å²) >= 11 is 0. The van der Waals surface area contributed by atoms with Gasteiger partial charge in [0.25, 0.3) is 5.91 Å². The van der Waals surface area contributed by atoms with Gasteiger partial charge in [0.1, 0.15) is 11.6 Å². The molecule has 1 aromatic carbocycles. The molecule has 1 rings (SSSR count). The molecule has 0 aliphatic heterocycles. The molecule has 0 radical (unpaired) electrons. The molecule has 0 spiro atoms. The molecule has 1 aromatic rings. The number of rotatable bonds is 5. The minimum absolute atomic E-state index is 0.0484. The van der Waals surface area contributed by atoms with Crippen molar-refractivity contribution >= 4 is 5.91 Å². The van der Waals surface area contributed by atoms with Crippen LogP contribution in [0.4, 0.5) is 4.39 Å². The first-order valence-corrected chi connectivity index (χ1v) is 5.12. The summed E-state index contributed by atoms with van der Waals surface area (Å²) in [5, 5.41) is 11.9. The summed E-state index contributed by atoms with van der Waals surface area (Å²) < 4.78 is 12.8. The lowest BCUT2D eigenvalue weighted by Crippen LogP contribution is -2.25. The number of carbonyl (C=O) groups is 1. The molecule has 0 aliphatic carbocycles. The van der Waals surface area contributed by atoms with E-state index in [1.807, 2.05) is 0 Å². The smallest absolute Gasteiger partial charge is 0.255 e. The Hall–Kier alpha value is -1.62. The molecule has 0 fully saturated rings. The van der Waals surface area contributed by atoms with Crippen molar-refractivity contribution in [2.75, 3.05) is 13.1 Å². The molecule has 0 aromatic heterocycles. The standard InChI is InChI=1S/C11H15FN2O2/c12-8-3-4-10(15)9(7-8)11(16)14-6-2-1-5-13/h3-4,7,15H,1-2,5-6,13H2,(H,14,16). The Labute approximate surface area is 93.3 Å². The highest BCUT2D eigenvalue weighted by atomic mass is 19.1. The minimum atomic E-state index is -0.551. The number of phenolic OH excluding ortho intramolecular Hbond substituents is 1. The van der Waals surface area contributed by atoms with Crippen LogP contribution in [0.5, 0.6) is 5.75 Å². The summed E-state index contributed by atoms with van der Waals surface area (Å²) in [6.07, 6.45) is 1.58. The number of carbonyl (C=O) groups excluding carboxylic acids is 1. The van der Waals surface area contributed by atoms with Crippen LogP contribution in [0.15, 0.2) is 18.2 Å². The lowest BCUT2D eigenvalue weighted by atomic mass is 10.2. The number of aromatic hydroxyl groups is 1. The van der Waals surface area contributed by atoms with E-state index in [1.165, 1.54) is 0 Å². The Kier molecular flexibility index (Phi) is 4.72. The first kappa shape index (κ1) is 12.4. The fraction of sp³-hybridized carbons (Fsp3) is 0.364. The Balaban J connectivity index is 2.55. The van der Waals surface area contributed by atoms with Gasteiger partial charge in [0.05, 0.1) is 5.56 Å². The molecule has 1 amide bonds. The van der Waals surface area contributed by atoms with Gasteiger partial charge in [0.2, 0.25) is 0 Å². The summed E-state index contributed by atoms with van der Waals surface area (Å²) in [6, 6.07) is 3.26. The molecule has 0 saturated heterocycles. The van der Waals surface area contributed by atoms with E-state index >= 15 is 0 Å². The minimum Gasteiger partial charge on any atom is -0.507 e. The van der Waals surface area contributed by atoms with Crippen LogP contribution in [0.3, 0.4) is 0 Å². The van der Waals surface area contributed by atoms with Crippen LogP contribution >= 0.6 is 0 Å².